The molecule has 1 atom stereocenters. The lowest BCUT2D eigenvalue weighted by Crippen LogP contribution is -2.43. The van der Waals surface area contributed by atoms with Crippen LogP contribution in [0.15, 0.2) is 23.1 Å². The Kier molecular flexibility index (Phi) is 5.41. The molecule has 1 heterocycles. The molecule has 1 aliphatic heterocycles. The van der Waals surface area contributed by atoms with Crippen molar-refractivity contribution in [1.29, 1.82) is 0 Å². The number of sulfonamides is 1. The normalized spacial score (nSPS) is 19.9. The lowest BCUT2D eigenvalue weighted by Gasteiger charge is -2.30. The van der Waals surface area contributed by atoms with Gasteiger partial charge in [0.05, 0.1) is 17.5 Å². The summed E-state index contributed by atoms with van der Waals surface area (Å²) >= 11 is 5.65. The first-order chi connectivity index (χ1) is 10.4. The van der Waals surface area contributed by atoms with E-state index in [0.29, 0.717) is 12.8 Å². The van der Waals surface area contributed by atoms with Gasteiger partial charge in [-0.3, -0.25) is 4.79 Å². The summed E-state index contributed by atoms with van der Waals surface area (Å²) in [5, 5.41) is -0.250. The van der Waals surface area contributed by atoms with Crippen molar-refractivity contribution in [3.63, 3.8) is 0 Å². The molecule has 0 radical (unpaired) electrons. The van der Waals surface area contributed by atoms with Crippen molar-refractivity contribution in [3.8, 4) is 0 Å². The molecule has 0 bridgehead atoms. The van der Waals surface area contributed by atoms with E-state index in [2.05, 4.69) is 0 Å². The molecule has 0 saturated carbocycles. The van der Waals surface area contributed by atoms with E-state index in [1.54, 1.807) is 6.92 Å². The highest BCUT2D eigenvalue weighted by Gasteiger charge is 2.35. The van der Waals surface area contributed by atoms with Crippen molar-refractivity contribution >= 4 is 27.6 Å². The number of ether oxygens (including phenoxy) is 1. The fraction of sp³-hybridized carbons (Fsp3) is 0.500. The van der Waals surface area contributed by atoms with Gasteiger partial charge < -0.3 is 4.74 Å². The van der Waals surface area contributed by atoms with Gasteiger partial charge in [-0.2, -0.15) is 4.31 Å². The van der Waals surface area contributed by atoms with Crippen molar-refractivity contribution in [2.24, 2.45) is 5.92 Å². The van der Waals surface area contributed by atoms with E-state index in [1.807, 2.05) is 0 Å². The number of rotatable bonds is 4. The topological polar surface area (TPSA) is 63.7 Å². The Bertz CT molecular complexity index is 665. The molecule has 8 heteroatoms. The standard InChI is InChI=1S/C14H17ClFNO4S/c1-2-21-14(18)10-5-4-8-17(9-10)22(19,20)12-7-3-6-11(15)13(12)16/h3,6-7,10H,2,4-5,8-9H2,1H3/t10-/m1/s1. The number of carbonyl (C=O) groups is 1. The molecule has 0 spiro atoms. The lowest BCUT2D eigenvalue weighted by molar-refractivity contribution is -0.149. The minimum atomic E-state index is -4.03. The fourth-order valence-corrected chi connectivity index (χ4v) is 4.28. The third kappa shape index (κ3) is 3.42. The van der Waals surface area contributed by atoms with Crippen LogP contribution in [0.1, 0.15) is 19.8 Å². The van der Waals surface area contributed by atoms with E-state index in [1.165, 1.54) is 18.2 Å². The highest BCUT2D eigenvalue weighted by Crippen LogP contribution is 2.28. The fourth-order valence-electron chi connectivity index (χ4n) is 2.44. The second-order valence-electron chi connectivity index (χ2n) is 5.01. The molecule has 122 valence electrons. The lowest BCUT2D eigenvalue weighted by atomic mass is 10.0. The first-order valence-corrected chi connectivity index (χ1v) is 8.80. The molecule has 1 aliphatic rings. The molecule has 1 saturated heterocycles. The van der Waals surface area contributed by atoms with Crippen molar-refractivity contribution in [2.45, 2.75) is 24.7 Å². The highest BCUT2D eigenvalue weighted by molar-refractivity contribution is 7.89. The van der Waals surface area contributed by atoms with Crippen LogP contribution in [0.2, 0.25) is 5.02 Å². The summed E-state index contributed by atoms with van der Waals surface area (Å²) in [6, 6.07) is 3.84. The zero-order chi connectivity index (χ0) is 16.3. The number of nitrogens with zero attached hydrogens (tertiary/aromatic N) is 1. The minimum Gasteiger partial charge on any atom is -0.466 e. The SMILES string of the molecule is CCOC(=O)[C@@H]1CCCN(S(=O)(=O)c2cccc(Cl)c2F)C1. The molecule has 1 fully saturated rings. The van der Waals surface area contributed by atoms with E-state index >= 15 is 0 Å². The number of esters is 1. The van der Waals surface area contributed by atoms with Crippen LogP contribution in [-0.4, -0.2) is 38.4 Å². The number of benzene rings is 1. The Hall–Kier alpha value is -1.18. The average molecular weight is 350 g/mol. The molecule has 0 amide bonds. The van der Waals surface area contributed by atoms with Gasteiger partial charge in [0.15, 0.2) is 5.82 Å². The van der Waals surface area contributed by atoms with E-state index in [9.17, 15) is 17.6 Å². The van der Waals surface area contributed by atoms with Gasteiger partial charge in [0.25, 0.3) is 0 Å². The second-order valence-corrected chi connectivity index (χ2v) is 7.32. The van der Waals surface area contributed by atoms with Crippen LogP contribution >= 0.6 is 11.6 Å². The summed E-state index contributed by atoms with van der Waals surface area (Å²) in [5.74, 6) is -1.91. The van der Waals surface area contributed by atoms with E-state index < -0.39 is 32.6 Å². The van der Waals surface area contributed by atoms with Gasteiger partial charge in [0.2, 0.25) is 10.0 Å². The molecular formula is C14H17ClFNO4S. The van der Waals surface area contributed by atoms with Gasteiger partial charge in [0.1, 0.15) is 4.90 Å². The maximum absolute atomic E-state index is 14.0. The summed E-state index contributed by atoms with van der Waals surface area (Å²) in [5.41, 5.74) is 0. The van der Waals surface area contributed by atoms with Crippen LogP contribution in [0, 0.1) is 11.7 Å². The third-order valence-electron chi connectivity index (χ3n) is 3.54. The smallest absolute Gasteiger partial charge is 0.310 e. The van der Waals surface area contributed by atoms with E-state index in [4.69, 9.17) is 16.3 Å². The minimum absolute atomic E-state index is 0.00683. The Morgan fingerprint density at radius 3 is 2.91 bits per heavy atom. The van der Waals surface area contributed by atoms with E-state index in [0.717, 1.165) is 4.31 Å². The third-order valence-corrected chi connectivity index (χ3v) is 5.71. The van der Waals surface area contributed by atoms with Gasteiger partial charge in [-0.1, -0.05) is 17.7 Å². The first kappa shape index (κ1) is 17.2. The maximum atomic E-state index is 14.0. The Morgan fingerprint density at radius 2 is 2.23 bits per heavy atom. The van der Waals surface area contributed by atoms with Crippen molar-refractivity contribution < 1.29 is 22.3 Å². The van der Waals surface area contributed by atoms with Gasteiger partial charge in [-0.25, -0.2) is 12.8 Å². The van der Waals surface area contributed by atoms with Crippen LogP contribution in [0.4, 0.5) is 4.39 Å². The Morgan fingerprint density at radius 1 is 1.50 bits per heavy atom. The van der Waals surface area contributed by atoms with Crippen LogP contribution in [0.25, 0.3) is 0 Å². The molecule has 5 nitrogen and oxygen atoms in total. The maximum Gasteiger partial charge on any atom is 0.310 e. The van der Waals surface area contributed by atoms with Crippen LogP contribution < -0.4 is 0 Å². The van der Waals surface area contributed by atoms with Crippen LogP contribution in [-0.2, 0) is 19.6 Å². The van der Waals surface area contributed by atoms with Crippen molar-refractivity contribution in [1.82, 2.24) is 4.31 Å². The summed E-state index contributed by atoms with van der Waals surface area (Å²) in [6.45, 7) is 2.17. The number of hydrogen-bond acceptors (Lipinski definition) is 4. The molecule has 1 aromatic rings. The first-order valence-electron chi connectivity index (χ1n) is 6.98. The quantitative estimate of drug-likeness (QED) is 0.783. The number of piperidine rings is 1. The van der Waals surface area contributed by atoms with Gasteiger partial charge in [-0.15, -0.1) is 0 Å². The summed E-state index contributed by atoms with van der Waals surface area (Å²) in [6.07, 6.45) is 1.08. The van der Waals surface area contributed by atoms with Gasteiger partial charge >= 0.3 is 5.97 Å². The van der Waals surface area contributed by atoms with Crippen molar-refractivity contribution in [2.75, 3.05) is 19.7 Å². The molecule has 1 aromatic carbocycles. The number of carbonyl (C=O) groups excluding carboxylic acids is 1. The molecule has 0 aromatic heterocycles. The number of halogens is 2. The summed E-state index contributed by atoms with van der Waals surface area (Å²) < 4.78 is 45.2. The second kappa shape index (κ2) is 6.93. The average Bonchev–Trinajstić information content (AvgIpc) is 2.50. The zero-order valence-electron chi connectivity index (χ0n) is 12.1. The molecule has 22 heavy (non-hydrogen) atoms. The Labute approximate surface area is 134 Å². The Balaban J connectivity index is 2.26. The summed E-state index contributed by atoms with van der Waals surface area (Å²) in [4.78, 5) is 11.3. The zero-order valence-corrected chi connectivity index (χ0v) is 13.7. The molecule has 0 N–H and O–H groups in total. The monoisotopic (exact) mass is 349 g/mol. The van der Waals surface area contributed by atoms with Gasteiger partial charge in [0, 0.05) is 13.1 Å². The molecular weight excluding hydrogens is 333 g/mol. The summed E-state index contributed by atoms with van der Waals surface area (Å²) in [7, 11) is -4.03. The number of hydrogen-bond donors (Lipinski definition) is 0. The predicted molar refractivity (Wildman–Crippen MR) is 79.5 cm³/mol. The van der Waals surface area contributed by atoms with Crippen molar-refractivity contribution in [3.05, 3.63) is 29.0 Å². The van der Waals surface area contributed by atoms with Gasteiger partial charge in [-0.05, 0) is 31.9 Å². The molecule has 2 rings (SSSR count). The molecule has 0 unspecified atom stereocenters. The largest absolute Gasteiger partial charge is 0.466 e. The van der Waals surface area contributed by atoms with Crippen LogP contribution in [0.3, 0.4) is 0 Å². The predicted octanol–water partition coefficient (Wildman–Crippen LogP) is 2.44. The highest BCUT2D eigenvalue weighted by atomic mass is 35.5. The van der Waals surface area contributed by atoms with E-state index in [-0.39, 0.29) is 24.7 Å². The molecule has 0 aliphatic carbocycles. The van der Waals surface area contributed by atoms with Crippen LogP contribution in [0.5, 0.6) is 0 Å².